The van der Waals surface area contributed by atoms with Crippen molar-refractivity contribution in [3.8, 4) is 0 Å². The maximum Gasteiger partial charge on any atom is 0.151 e. The third kappa shape index (κ3) is 2.50. The predicted octanol–water partition coefficient (Wildman–Crippen LogP) is 1.94. The van der Waals surface area contributed by atoms with Crippen LogP contribution in [0.15, 0.2) is 12.1 Å². The van der Waals surface area contributed by atoms with Crippen molar-refractivity contribution in [2.24, 2.45) is 5.92 Å². The van der Waals surface area contributed by atoms with Gasteiger partial charge in [-0.3, -0.25) is 4.79 Å². The van der Waals surface area contributed by atoms with Crippen molar-refractivity contribution in [3.05, 3.63) is 17.3 Å². The van der Waals surface area contributed by atoms with E-state index in [1.165, 1.54) is 0 Å². The highest BCUT2D eigenvalue weighted by molar-refractivity contribution is 6.29. The average molecular weight is 240 g/mol. The molecule has 1 saturated heterocycles. The minimum Gasteiger partial charge on any atom is -0.355 e. The van der Waals surface area contributed by atoms with Gasteiger partial charge in [0.15, 0.2) is 11.0 Å². The topological polar surface area (TPSA) is 46.1 Å². The molecule has 0 aromatic carbocycles. The molecule has 4 nitrogen and oxygen atoms in total. The van der Waals surface area contributed by atoms with Crippen molar-refractivity contribution in [2.75, 3.05) is 18.0 Å². The summed E-state index contributed by atoms with van der Waals surface area (Å²) in [4.78, 5) is 13.4. The normalized spacial score (nSPS) is 17.5. The minimum absolute atomic E-state index is 0.219. The number of nitrogens with zero attached hydrogens (tertiary/aromatic N) is 3. The van der Waals surface area contributed by atoms with Crippen LogP contribution in [-0.4, -0.2) is 29.1 Å². The molecule has 0 atom stereocenters. The SMILES string of the molecule is CC(=O)C1CCN(c2ccc(Cl)nn2)CC1. The molecule has 0 bridgehead atoms. The Kier molecular flexibility index (Phi) is 3.39. The van der Waals surface area contributed by atoms with Gasteiger partial charge in [0.25, 0.3) is 0 Å². The monoisotopic (exact) mass is 239 g/mol. The maximum atomic E-state index is 11.2. The van der Waals surface area contributed by atoms with Gasteiger partial charge in [0, 0.05) is 19.0 Å². The average Bonchev–Trinajstić information content (AvgIpc) is 2.30. The van der Waals surface area contributed by atoms with E-state index in [2.05, 4.69) is 15.1 Å². The molecular formula is C11H14ClN3O. The molecule has 1 aliphatic rings. The molecule has 2 heterocycles. The summed E-state index contributed by atoms with van der Waals surface area (Å²) in [6.45, 7) is 3.39. The van der Waals surface area contributed by atoms with Crippen molar-refractivity contribution in [1.29, 1.82) is 0 Å². The molecule has 0 amide bonds. The zero-order valence-electron chi connectivity index (χ0n) is 9.19. The van der Waals surface area contributed by atoms with Gasteiger partial charge in [0.05, 0.1) is 0 Å². The number of rotatable bonds is 2. The zero-order valence-corrected chi connectivity index (χ0v) is 9.94. The third-order valence-electron chi connectivity index (χ3n) is 3.01. The van der Waals surface area contributed by atoms with Crippen LogP contribution in [0.1, 0.15) is 19.8 Å². The van der Waals surface area contributed by atoms with Crippen molar-refractivity contribution in [3.63, 3.8) is 0 Å². The van der Waals surface area contributed by atoms with Gasteiger partial charge < -0.3 is 4.90 Å². The van der Waals surface area contributed by atoms with Crippen molar-refractivity contribution < 1.29 is 4.79 Å². The molecule has 2 rings (SSSR count). The highest BCUT2D eigenvalue weighted by atomic mass is 35.5. The fraction of sp³-hybridized carbons (Fsp3) is 0.545. The van der Waals surface area contributed by atoms with Crippen LogP contribution in [0.2, 0.25) is 5.15 Å². The summed E-state index contributed by atoms with van der Waals surface area (Å²) in [5.41, 5.74) is 0. The summed E-state index contributed by atoms with van der Waals surface area (Å²) in [5.74, 6) is 1.35. The summed E-state index contributed by atoms with van der Waals surface area (Å²) >= 11 is 5.68. The molecule has 0 aliphatic carbocycles. The molecule has 0 spiro atoms. The maximum absolute atomic E-state index is 11.2. The van der Waals surface area contributed by atoms with E-state index in [1.807, 2.05) is 6.07 Å². The van der Waals surface area contributed by atoms with E-state index in [1.54, 1.807) is 13.0 Å². The van der Waals surface area contributed by atoms with Gasteiger partial charge in [0.1, 0.15) is 5.78 Å². The van der Waals surface area contributed by atoms with Crippen LogP contribution >= 0.6 is 11.6 Å². The molecule has 1 fully saturated rings. The molecule has 0 radical (unpaired) electrons. The molecule has 86 valence electrons. The summed E-state index contributed by atoms with van der Waals surface area (Å²) in [5, 5.41) is 8.25. The second kappa shape index (κ2) is 4.78. The van der Waals surface area contributed by atoms with Gasteiger partial charge in [-0.1, -0.05) is 11.6 Å². The lowest BCUT2D eigenvalue weighted by molar-refractivity contribution is -0.121. The fourth-order valence-electron chi connectivity index (χ4n) is 1.99. The first kappa shape index (κ1) is 11.3. The second-order valence-corrected chi connectivity index (χ2v) is 4.47. The molecule has 0 unspecified atom stereocenters. The number of hydrogen-bond donors (Lipinski definition) is 0. The van der Waals surface area contributed by atoms with E-state index in [4.69, 9.17) is 11.6 Å². The van der Waals surface area contributed by atoms with Gasteiger partial charge in [-0.25, -0.2) is 0 Å². The van der Waals surface area contributed by atoms with E-state index in [-0.39, 0.29) is 5.92 Å². The minimum atomic E-state index is 0.219. The molecular weight excluding hydrogens is 226 g/mol. The van der Waals surface area contributed by atoms with E-state index >= 15 is 0 Å². The molecule has 1 aromatic heterocycles. The van der Waals surface area contributed by atoms with Crippen molar-refractivity contribution in [2.45, 2.75) is 19.8 Å². The van der Waals surface area contributed by atoms with Crippen LogP contribution < -0.4 is 4.90 Å². The lowest BCUT2D eigenvalue weighted by atomic mass is 9.93. The van der Waals surface area contributed by atoms with Crippen LogP contribution in [-0.2, 0) is 4.79 Å². The lowest BCUT2D eigenvalue weighted by Crippen LogP contribution is -2.36. The highest BCUT2D eigenvalue weighted by Gasteiger charge is 2.22. The van der Waals surface area contributed by atoms with Gasteiger partial charge in [0.2, 0.25) is 0 Å². The predicted molar refractivity (Wildman–Crippen MR) is 62.7 cm³/mol. The summed E-state index contributed by atoms with van der Waals surface area (Å²) < 4.78 is 0. The summed E-state index contributed by atoms with van der Waals surface area (Å²) in [6, 6.07) is 3.60. The van der Waals surface area contributed by atoms with Crippen LogP contribution in [0.5, 0.6) is 0 Å². The van der Waals surface area contributed by atoms with Gasteiger partial charge in [-0.2, -0.15) is 0 Å². The number of halogens is 1. The summed E-state index contributed by atoms with van der Waals surface area (Å²) in [7, 11) is 0. The van der Waals surface area contributed by atoms with E-state index in [0.717, 1.165) is 31.7 Å². The molecule has 1 aliphatic heterocycles. The smallest absolute Gasteiger partial charge is 0.151 e. The Hall–Kier alpha value is -1.16. The van der Waals surface area contributed by atoms with E-state index in [0.29, 0.717) is 10.9 Å². The van der Waals surface area contributed by atoms with Crippen LogP contribution in [0.25, 0.3) is 0 Å². The first-order chi connectivity index (χ1) is 7.66. The van der Waals surface area contributed by atoms with Crippen LogP contribution in [0.3, 0.4) is 0 Å². The van der Waals surface area contributed by atoms with Gasteiger partial charge in [-0.05, 0) is 31.9 Å². The van der Waals surface area contributed by atoms with Gasteiger partial charge >= 0.3 is 0 Å². The molecule has 1 aromatic rings. The summed E-state index contributed by atoms with van der Waals surface area (Å²) in [6.07, 6.45) is 1.80. The number of carbonyl (C=O) groups excluding carboxylic acids is 1. The quantitative estimate of drug-likeness (QED) is 0.791. The lowest BCUT2D eigenvalue weighted by Gasteiger charge is -2.31. The molecule has 16 heavy (non-hydrogen) atoms. The van der Waals surface area contributed by atoms with Gasteiger partial charge in [-0.15, -0.1) is 10.2 Å². The Morgan fingerprint density at radius 1 is 1.38 bits per heavy atom. The Morgan fingerprint density at radius 3 is 2.56 bits per heavy atom. The van der Waals surface area contributed by atoms with Crippen molar-refractivity contribution >= 4 is 23.2 Å². The number of ketones is 1. The fourth-order valence-corrected chi connectivity index (χ4v) is 2.09. The number of piperidine rings is 1. The molecule has 0 N–H and O–H groups in total. The Balaban J connectivity index is 1.99. The van der Waals surface area contributed by atoms with E-state index < -0.39 is 0 Å². The first-order valence-corrected chi connectivity index (χ1v) is 5.79. The Bertz CT molecular complexity index is 371. The highest BCUT2D eigenvalue weighted by Crippen LogP contribution is 2.22. The third-order valence-corrected chi connectivity index (χ3v) is 3.21. The largest absolute Gasteiger partial charge is 0.355 e. The standard InChI is InChI=1S/C11H14ClN3O/c1-8(16)9-4-6-15(7-5-9)11-3-2-10(12)13-14-11/h2-3,9H,4-7H2,1H3. The van der Waals surface area contributed by atoms with Crippen molar-refractivity contribution in [1.82, 2.24) is 10.2 Å². The first-order valence-electron chi connectivity index (χ1n) is 5.41. The number of aromatic nitrogens is 2. The second-order valence-electron chi connectivity index (χ2n) is 4.09. The van der Waals surface area contributed by atoms with Crippen LogP contribution in [0, 0.1) is 5.92 Å². The number of Topliss-reactive ketones (excluding diaryl/α,β-unsaturated/α-hetero) is 1. The Morgan fingerprint density at radius 2 is 2.06 bits per heavy atom. The number of anilines is 1. The van der Waals surface area contributed by atoms with E-state index in [9.17, 15) is 4.79 Å². The Labute approximate surface area is 99.6 Å². The zero-order chi connectivity index (χ0) is 11.5. The molecule has 0 saturated carbocycles. The number of hydrogen-bond acceptors (Lipinski definition) is 4. The molecule has 5 heteroatoms. The number of carbonyl (C=O) groups is 1. The van der Waals surface area contributed by atoms with Crippen LogP contribution in [0.4, 0.5) is 5.82 Å².